The van der Waals surface area contributed by atoms with Gasteiger partial charge in [0, 0.05) is 11.2 Å². The highest BCUT2D eigenvalue weighted by Gasteiger charge is 2.18. The molecule has 0 aromatic heterocycles. The Kier molecular flexibility index (Phi) is 8.63. The van der Waals surface area contributed by atoms with Gasteiger partial charge in [-0.2, -0.15) is 0 Å². The van der Waals surface area contributed by atoms with Gasteiger partial charge in [-0.25, -0.2) is 0 Å². The molecule has 0 aromatic carbocycles. The summed E-state index contributed by atoms with van der Waals surface area (Å²) in [7, 11) is -0.719. The van der Waals surface area contributed by atoms with Gasteiger partial charge in [0.25, 0.3) is 0 Å². The SMILES string of the molecule is CCCC(C)(C)O[SiH2]C[SiH2]OC(C)(C)CCC. The molecule has 0 radical (unpaired) electrons. The summed E-state index contributed by atoms with van der Waals surface area (Å²) in [6.07, 6.45) is 4.76. The second-order valence-corrected chi connectivity index (χ2v) is 10.3. The molecule has 0 spiro atoms. The lowest BCUT2D eigenvalue weighted by Gasteiger charge is -2.27. The molecule has 0 saturated carbocycles. The topological polar surface area (TPSA) is 18.5 Å². The Morgan fingerprint density at radius 3 is 1.41 bits per heavy atom. The Hall–Kier alpha value is 0.354. The van der Waals surface area contributed by atoms with Crippen LogP contribution in [0.15, 0.2) is 0 Å². The maximum Gasteiger partial charge on any atom is 0.161 e. The molecular formula is C13H32O2Si2. The fraction of sp³-hybridized carbons (Fsp3) is 1.00. The molecule has 0 rings (SSSR count). The van der Waals surface area contributed by atoms with Crippen LogP contribution in [0.1, 0.15) is 67.2 Å². The van der Waals surface area contributed by atoms with Crippen molar-refractivity contribution in [2.75, 3.05) is 0 Å². The lowest BCUT2D eigenvalue weighted by atomic mass is 10.0. The van der Waals surface area contributed by atoms with Crippen LogP contribution in [0.2, 0.25) is 5.67 Å². The van der Waals surface area contributed by atoms with Crippen LogP contribution in [-0.2, 0) is 8.85 Å². The summed E-state index contributed by atoms with van der Waals surface area (Å²) < 4.78 is 12.1. The zero-order valence-electron chi connectivity index (χ0n) is 12.8. The molecule has 0 aliphatic carbocycles. The zero-order valence-corrected chi connectivity index (χ0v) is 15.6. The second-order valence-electron chi connectivity index (χ2n) is 6.07. The minimum atomic E-state index is -0.359. The van der Waals surface area contributed by atoms with Crippen molar-refractivity contribution in [3.8, 4) is 0 Å². The molecule has 0 saturated heterocycles. The third kappa shape index (κ3) is 10.0. The third-order valence-electron chi connectivity index (χ3n) is 2.98. The summed E-state index contributed by atoms with van der Waals surface area (Å²) in [5.74, 6) is 0. The maximum absolute atomic E-state index is 6.04. The van der Waals surface area contributed by atoms with Crippen LogP contribution >= 0.6 is 0 Å². The summed E-state index contributed by atoms with van der Waals surface area (Å²) in [6, 6.07) is 0. The van der Waals surface area contributed by atoms with Crippen molar-refractivity contribution in [3.05, 3.63) is 0 Å². The molecule has 0 N–H and O–H groups in total. The van der Waals surface area contributed by atoms with Crippen molar-refractivity contribution in [1.82, 2.24) is 0 Å². The van der Waals surface area contributed by atoms with Crippen LogP contribution in [0.25, 0.3) is 0 Å². The van der Waals surface area contributed by atoms with Crippen molar-refractivity contribution in [1.29, 1.82) is 0 Å². The quantitative estimate of drug-likeness (QED) is 0.451. The normalized spacial score (nSPS) is 14.5. The average molecular weight is 277 g/mol. The Bertz CT molecular complexity index is 174. The molecule has 0 unspecified atom stereocenters. The molecule has 4 heteroatoms. The number of hydrogen-bond acceptors (Lipinski definition) is 2. The number of hydrogen-bond donors (Lipinski definition) is 0. The fourth-order valence-corrected chi connectivity index (χ4v) is 5.12. The summed E-state index contributed by atoms with van der Waals surface area (Å²) in [5, 5.41) is 0. The van der Waals surface area contributed by atoms with Gasteiger partial charge in [-0.05, 0) is 46.2 Å². The fourth-order valence-electron chi connectivity index (χ4n) is 2.10. The molecule has 2 nitrogen and oxygen atoms in total. The monoisotopic (exact) mass is 276 g/mol. The third-order valence-corrected chi connectivity index (χ3v) is 7.26. The minimum absolute atomic E-state index is 0.105. The first-order chi connectivity index (χ1) is 7.83. The lowest BCUT2D eigenvalue weighted by Crippen LogP contribution is -2.29. The highest BCUT2D eigenvalue weighted by molar-refractivity contribution is 6.48. The molecule has 0 fully saturated rings. The molecular weight excluding hydrogens is 244 g/mol. The Labute approximate surface area is 113 Å². The van der Waals surface area contributed by atoms with E-state index >= 15 is 0 Å². The van der Waals surface area contributed by atoms with E-state index in [9.17, 15) is 0 Å². The van der Waals surface area contributed by atoms with Gasteiger partial charge in [-0.3, -0.25) is 0 Å². The van der Waals surface area contributed by atoms with Crippen molar-refractivity contribution < 1.29 is 8.85 Å². The van der Waals surface area contributed by atoms with Gasteiger partial charge in [-0.1, -0.05) is 26.7 Å². The van der Waals surface area contributed by atoms with E-state index < -0.39 is 0 Å². The van der Waals surface area contributed by atoms with E-state index in [0.29, 0.717) is 0 Å². The van der Waals surface area contributed by atoms with Gasteiger partial charge in [0.1, 0.15) is 0 Å². The zero-order chi connectivity index (χ0) is 13.4. The van der Waals surface area contributed by atoms with E-state index in [1.54, 1.807) is 0 Å². The smallest absolute Gasteiger partial charge is 0.161 e. The first-order valence-corrected chi connectivity index (χ1v) is 10.3. The van der Waals surface area contributed by atoms with Gasteiger partial charge in [0.15, 0.2) is 19.5 Å². The Balaban J connectivity index is 3.58. The molecule has 0 aromatic rings. The van der Waals surface area contributed by atoms with Crippen LogP contribution in [0.5, 0.6) is 0 Å². The van der Waals surface area contributed by atoms with Gasteiger partial charge >= 0.3 is 0 Å². The predicted molar refractivity (Wildman–Crippen MR) is 82.0 cm³/mol. The predicted octanol–water partition coefficient (Wildman–Crippen LogP) is 2.72. The van der Waals surface area contributed by atoms with Crippen LogP contribution in [0.3, 0.4) is 0 Å². The molecule has 0 amide bonds. The van der Waals surface area contributed by atoms with Crippen molar-refractivity contribution in [2.24, 2.45) is 0 Å². The molecule has 0 aliphatic rings. The van der Waals surface area contributed by atoms with Crippen molar-refractivity contribution >= 4 is 19.5 Å². The van der Waals surface area contributed by atoms with E-state index in [0.717, 1.165) is 0 Å². The maximum atomic E-state index is 6.04. The van der Waals surface area contributed by atoms with Crippen LogP contribution in [0.4, 0.5) is 0 Å². The van der Waals surface area contributed by atoms with Crippen molar-refractivity contribution in [2.45, 2.75) is 84.1 Å². The molecule has 0 atom stereocenters. The summed E-state index contributed by atoms with van der Waals surface area (Å²) in [6.45, 7) is 13.3. The summed E-state index contributed by atoms with van der Waals surface area (Å²) in [5.41, 5.74) is 1.48. The first kappa shape index (κ1) is 17.4. The molecule has 17 heavy (non-hydrogen) atoms. The van der Waals surface area contributed by atoms with E-state index in [1.165, 1.54) is 31.4 Å². The highest BCUT2D eigenvalue weighted by Crippen LogP contribution is 2.17. The lowest BCUT2D eigenvalue weighted by molar-refractivity contribution is 0.0991. The van der Waals surface area contributed by atoms with Gasteiger partial charge in [0.2, 0.25) is 0 Å². The molecule has 0 aliphatic heterocycles. The average Bonchev–Trinajstić information content (AvgIpc) is 2.16. The van der Waals surface area contributed by atoms with Crippen LogP contribution in [0, 0.1) is 0 Å². The highest BCUT2D eigenvalue weighted by atomic mass is 28.3. The Morgan fingerprint density at radius 2 is 1.12 bits per heavy atom. The van der Waals surface area contributed by atoms with Gasteiger partial charge in [0.05, 0.1) is 0 Å². The van der Waals surface area contributed by atoms with E-state index in [1.807, 2.05) is 0 Å². The second kappa shape index (κ2) is 8.45. The Morgan fingerprint density at radius 1 is 0.765 bits per heavy atom. The minimum Gasteiger partial charge on any atom is -0.419 e. The standard InChI is InChI=1S/C13H32O2Si2/c1-7-9-12(3,4)14-16-11-17-15-13(5,6)10-8-2/h7-11,16-17H2,1-6H3. The number of rotatable bonds is 10. The first-order valence-electron chi connectivity index (χ1n) is 7.11. The van der Waals surface area contributed by atoms with E-state index in [-0.39, 0.29) is 30.7 Å². The summed E-state index contributed by atoms with van der Waals surface area (Å²) >= 11 is 0. The van der Waals surface area contributed by atoms with E-state index in [4.69, 9.17) is 8.85 Å². The summed E-state index contributed by atoms with van der Waals surface area (Å²) in [4.78, 5) is 0. The van der Waals surface area contributed by atoms with Crippen molar-refractivity contribution in [3.63, 3.8) is 0 Å². The van der Waals surface area contributed by atoms with E-state index in [2.05, 4.69) is 41.5 Å². The molecule has 104 valence electrons. The largest absolute Gasteiger partial charge is 0.419 e. The molecule has 0 bridgehead atoms. The molecule has 0 heterocycles. The van der Waals surface area contributed by atoms with Crippen LogP contribution in [-0.4, -0.2) is 30.7 Å². The van der Waals surface area contributed by atoms with Gasteiger partial charge in [-0.15, -0.1) is 0 Å². The van der Waals surface area contributed by atoms with Crippen LogP contribution < -0.4 is 0 Å². The van der Waals surface area contributed by atoms with Gasteiger partial charge < -0.3 is 8.85 Å².